The molecule has 1 aliphatic carbocycles. The Hall–Kier alpha value is -1.38. The van der Waals surface area contributed by atoms with Crippen molar-refractivity contribution >= 4 is 5.70 Å². The summed E-state index contributed by atoms with van der Waals surface area (Å²) in [6, 6.07) is 0. The zero-order valence-electron chi connectivity index (χ0n) is 6.14. The molecule has 56 valence electrons. The molecule has 0 fully saturated rings. The van der Waals surface area contributed by atoms with Crippen molar-refractivity contribution in [3.8, 4) is 0 Å². The van der Waals surface area contributed by atoms with Gasteiger partial charge in [0.25, 0.3) is 0 Å². The second-order valence-electron chi connectivity index (χ2n) is 2.46. The van der Waals surface area contributed by atoms with Crippen LogP contribution in [-0.2, 0) is 0 Å². The Labute approximate surface area is 65.0 Å². The highest BCUT2D eigenvalue weighted by molar-refractivity contribution is 5.56. The van der Waals surface area contributed by atoms with Gasteiger partial charge in [-0.05, 0) is 18.9 Å². The third kappa shape index (κ3) is 1.22. The molecule has 0 atom stereocenters. The number of nitrogens with zero attached hydrogens (tertiary/aromatic N) is 3. The summed E-state index contributed by atoms with van der Waals surface area (Å²) >= 11 is 0. The molecule has 2 rings (SSSR count). The zero-order valence-corrected chi connectivity index (χ0v) is 6.14. The van der Waals surface area contributed by atoms with Gasteiger partial charge in [0, 0.05) is 0 Å². The van der Waals surface area contributed by atoms with Gasteiger partial charge in [-0.1, -0.05) is 17.4 Å². The summed E-state index contributed by atoms with van der Waals surface area (Å²) in [6.07, 6.45) is 12.2. The summed E-state index contributed by atoms with van der Waals surface area (Å²) < 4.78 is 1.77. The summed E-state index contributed by atoms with van der Waals surface area (Å²) in [5, 5.41) is 7.62. The fourth-order valence-electron chi connectivity index (χ4n) is 1.12. The lowest BCUT2D eigenvalue weighted by atomic mass is 10.1. The van der Waals surface area contributed by atoms with E-state index in [0.29, 0.717) is 0 Å². The summed E-state index contributed by atoms with van der Waals surface area (Å²) in [5.41, 5.74) is 1.12. The summed E-state index contributed by atoms with van der Waals surface area (Å²) in [5.74, 6) is 0. The minimum Gasteiger partial charge on any atom is -0.221 e. The first kappa shape index (κ1) is 6.34. The first-order valence-electron chi connectivity index (χ1n) is 3.70. The monoisotopic (exact) mass is 147 g/mol. The number of hydrogen-bond donors (Lipinski definition) is 0. The highest BCUT2D eigenvalue weighted by Crippen LogP contribution is 2.12. The molecule has 1 heterocycles. The van der Waals surface area contributed by atoms with Crippen LogP contribution in [-0.4, -0.2) is 15.0 Å². The van der Waals surface area contributed by atoms with Crippen molar-refractivity contribution in [2.24, 2.45) is 0 Å². The third-order valence-corrected chi connectivity index (χ3v) is 1.66. The Bertz CT molecular complexity index is 282. The minimum absolute atomic E-state index is 1.10. The van der Waals surface area contributed by atoms with Crippen LogP contribution in [0.15, 0.2) is 30.6 Å². The van der Waals surface area contributed by atoms with Gasteiger partial charge >= 0.3 is 0 Å². The van der Waals surface area contributed by atoms with Gasteiger partial charge in [0.1, 0.15) is 0 Å². The molecular weight excluding hydrogens is 138 g/mol. The van der Waals surface area contributed by atoms with Crippen LogP contribution in [0.1, 0.15) is 12.8 Å². The van der Waals surface area contributed by atoms with Crippen molar-refractivity contribution in [1.82, 2.24) is 15.0 Å². The quantitative estimate of drug-likeness (QED) is 0.602. The molecule has 0 unspecified atom stereocenters. The van der Waals surface area contributed by atoms with Crippen molar-refractivity contribution in [2.45, 2.75) is 12.8 Å². The molecule has 1 aliphatic rings. The molecule has 1 aromatic rings. The van der Waals surface area contributed by atoms with Crippen molar-refractivity contribution < 1.29 is 0 Å². The molecule has 0 amide bonds. The Morgan fingerprint density at radius 2 is 2.36 bits per heavy atom. The molecule has 0 radical (unpaired) electrons. The van der Waals surface area contributed by atoms with E-state index in [0.717, 1.165) is 18.5 Å². The van der Waals surface area contributed by atoms with Crippen LogP contribution in [0.4, 0.5) is 0 Å². The van der Waals surface area contributed by atoms with Gasteiger partial charge in [-0.2, -0.15) is 0 Å². The first-order valence-corrected chi connectivity index (χ1v) is 3.70. The molecule has 3 heteroatoms. The number of rotatable bonds is 1. The van der Waals surface area contributed by atoms with Crippen LogP contribution in [0, 0.1) is 0 Å². The maximum absolute atomic E-state index is 3.89. The largest absolute Gasteiger partial charge is 0.221 e. The van der Waals surface area contributed by atoms with Gasteiger partial charge in [0.15, 0.2) is 0 Å². The first-order chi connectivity index (χ1) is 5.47. The van der Waals surface area contributed by atoms with Gasteiger partial charge in [0.2, 0.25) is 0 Å². The maximum Gasteiger partial charge on any atom is 0.0697 e. The van der Waals surface area contributed by atoms with Crippen molar-refractivity contribution in [1.29, 1.82) is 0 Å². The average Bonchev–Trinajstić information content (AvgIpc) is 2.58. The molecule has 11 heavy (non-hydrogen) atoms. The molecule has 0 aliphatic heterocycles. The second kappa shape index (κ2) is 2.70. The van der Waals surface area contributed by atoms with E-state index in [1.54, 1.807) is 10.9 Å². The molecule has 0 saturated carbocycles. The zero-order chi connectivity index (χ0) is 7.52. The second-order valence-corrected chi connectivity index (χ2v) is 2.46. The molecule has 0 spiro atoms. The van der Waals surface area contributed by atoms with Crippen LogP contribution >= 0.6 is 0 Å². The van der Waals surface area contributed by atoms with Gasteiger partial charge in [-0.25, -0.2) is 4.68 Å². The van der Waals surface area contributed by atoms with E-state index >= 15 is 0 Å². The van der Waals surface area contributed by atoms with Crippen LogP contribution < -0.4 is 0 Å². The third-order valence-electron chi connectivity index (χ3n) is 1.66. The Morgan fingerprint density at radius 3 is 3.00 bits per heavy atom. The fourth-order valence-corrected chi connectivity index (χ4v) is 1.12. The summed E-state index contributed by atoms with van der Waals surface area (Å²) in [6.45, 7) is 0. The Kier molecular flexibility index (Phi) is 1.55. The Balaban J connectivity index is 2.29. The number of hydrogen-bond acceptors (Lipinski definition) is 2. The maximum atomic E-state index is 3.89. The lowest BCUT2D eigenvalue weighted by Crippen LogP contribution is -1.97. The van der Waals surface area contributed by atoms with E-state index < -0.39 is 0 Å². The van der Waals surface area contributed by atoms with Crippen LogP contribution in [0.5, 0.6) is 0 Å². The fraction of sp³-hybridized carbons (Fsp3) is 0.250. The highest BCUT2D eigenvalue weighted by Gasteiger charge is 1.98. The summed E-state index contributed by atoms with van der Waals surface area (Å²) in [4.78, 5) is 0. The summed E-state index contributed by atoms with van der Waals surface area (Å²) in [7, 11) is 0. The van der Waals surface area contributed by atoms with Gasteiger partial charge < -0.3 is 0 Å². The average molecular weight is 147 g/mol. The molecular formula is C8H9N3. The van der Waals surface area contributed by atoms with Crippen molar-refractivity contribution in [2.75, 3.05) is 0 Å². The number of allylic oxidation sites excluding steroid dienone is 4. The number of aromatic nitrogens is 3. The molecule has 0 aromatic carbocycles. The Morgan fingerprint density at radius 1 is 1.36 bits per heavy atom. The van der Waals surface area contributed by atoms with E-state index in [1.807, 2.05) is 6.20 Å². The smallest absolute Gasteiger partial charge is 0.0697 e. The van der Waals surface area contributed by atoms with Crippen molar-refractivity contribution in [3.63, 3.8) is 0 Å². The van der Waals surface area contributed by atoms with E-state index in [9.17, 15) is 0 Å². The van der Waals surface area contributed by atoms with E-state index in [2.05, 4.69) is 28.5 Å². The van der Waals surface area contributed by atoms with Crippen LogP contribution in [0.2, 0.25) is 0 Å². The molecule has 0 saturated heterocycles. The lowest BCUT2D eigenvalue weighted by Gasteiger charge is -2.04. The molecule has 0 bridgehead atoms. The van der Waals surface area contributed by atoms with E-state index in [4.69, 9.17) is 0 Å². The van der Waals surface area contributed by atoms with Gasteiger partial charge in [-0.3, -0.25) is 0 Å². The van der Waals surface area contributed by atoms with Gasteiger partial charge in [-0.15, -0.1) is 5.10 Å². The highest BCUT2D eigenvalue weighted by atomic mass is 15.4. The van der Waals surface area contributed by atoms with Gasteiger partial charge in [0.05, 0.1) is 18.1 Å². The SMILES string of the molecule is C1=CC(n2ccnn2)=CCC1. The lowest BCUT2D eigenvalue weighted by molar-refractivity contribution is 0.815. The molecule has 3 nitrogen and oxygen atoms in total. The standard InChI is InChI=1S/C8H9N3/c1-2-4-8(5-3-1)11-7-6-9-10-11/h2,4-7H,1,3H2. The minimum atomic E-state index is 1.10. The van der Waals surface area contributed by atoms with Crippen LogP contribution in [0.3, 0.4) is 0 Å². The predicted molar refractivity (Wildman–Crippen MR) is 42.7 cm³/mol. The normalized spacial score (nSPS) is 16.5. The van der Waals surface area contributed by atoms with Crippen molar-refractivity contribution in [3.05, 3.63) is 30.6 Å². The predicted octanol–water partition coefficient (Wildman–Crippen LogP) is 1.47. The van der Waals surface area contributed by atoms with E-state index in [-0.39, 0.29) is 0 Å². The topological polar surface area (TPSA) is 30.7 Å². The van der Waals surface area contributed by atoms with E-state index in [1.165, 1.54) is 0 Å². The molecule has 1 aromatic heterocycles. The van der Waals surface area contributed by atoms with Crippen LogP contribution in [0.25, 0.3) is 5.70 Å². The molecule has 0 N–H and O–H groups in total.